The predicted molar refractivity (Wildman–Crippen MR) is 158 cm³/mol. The largest absolute Gasteiger partial charge is 0.489 e. The Kier molecular flexibility index (Phi) is 9.05. The van der Waals surface area contributed by atoms with Crippen molar-refractivity contribution < 1.29 is 28.5 Å². The number of benzene rings is 3. The molecule has 0 amide bonds. The highest BCUT2D eigenvalue weighted by atomic mass is 16.5. The highest BCUT2D eigenvalue weighted by molar-refractivity contribution is 5.87. The number of aryl methyl sites for hydroxylation is 2. The van der Waals surface area contributed by atoms with Crippen LogP contribution in [0.3, 0.4) is 0 Å². The molecule has 1 fully saturated rings. The molecule has 1 saturated heterocycles. The number of rotatable bonds is 9. The summed E-state index contributed by atoms with van der Waals surface area (Å²) >= 11 is 0. The van der Waals surface area contributed by atoms with Gasteiger partial charge in [0.05, 0.1) is 19.8 Å². The van der Waals surface area contributed by atoms with Gasteiger partial charge in [-0.1, -0.05) is 30.0 Å². The molecule has 1 aliphatic rings. The van der Waals surface area contributed by atoms with Gasteiger partial charge in [-0.25, -0.2) is 4.79 Å². The Bertz CT molecular complexity index is 1600. The van der Waals surface area contributed by atoms with E-state index < -0.39 is 5.97 Å². The number of ether oxygens (including phenoxy) is 3. The van der Waals surface area contributed by atoms with Gasteiger partial charge in [0.25, 0.3) is 0 Å². The maximum atomic E-state index is 10.8. The Balaban J connectivity index is 1.34. The minimum absolute atomic E-state index is 0.341. The maximum absolute atomic E-state index is 10.8. The molecule has 210 valence electrons. The van der Waals surface area contributed by atoms with E-state index >= 15 is 0 Å². The van der Waals surface area contributed by atoms with Crippen molar-refractivity contribution in [3.8, 4) is 23.3 Å². The van der Waals surface area contributed by atoms with Crippen LogP contribution in [0.1, 0.15) is 28.0 Å². The molecular weight excluding hydrogens is 518 g/mol. The molecule has 1 aliphatic heterocycles. The average Bonchev–Trinajstić information content (AvgIpc) is 3.35. The number of fused-ring (bicyclic) bond motifs is 1. The van der Waals surface area contributed by atoms with E-state index in [4.69, 9.17) is 23.7 Å². The standard InChI is InChI=1S/C34H33NO6/c1-24-20-30(10-12-32(24)40-23-34(36)37)39-17-13-31(28-9-11-33-29(22-28)21-25(2)41-33)27-7-5-26(6-8-27)4-3-14-35-15-18-38-19-16-35/h5-13,20-22H,14-19,23H2,1-2H3,(H,36,37). The topological polar surface area (TPSA) is 81.4 Å². The zero-order valence-corrected chi connectivity index (χ0v) is 23.3. The normalized spacial score (nSPS) is 14.0. The first kappa shape index (κ1) is 28.0. The van der Waals surface area contributed by atoms with Crippen molar-refractivity contribution in [3.05, 3.63) is 101 Å². The zero-order valence-electron chi connectivity index (χ0n) is 23.3. The summed E-state index contributed by atoms with van der Waals surface area (Å²) in [5, 5.41) is 9.91. The fourth-order valence-electron chi connectivity index (χ4n) is 4.73. The molecule has 5 rings (SSSR count). The van der Waals surface area contributed by atoms with Crippen molar-refractivity contribution in [2.24, 2.45) is 0 Å². The second kappa shape index (κ2) is 13.2. The molecule has 0 saturated carbocycles. The Labute approximate surface area is 239 Å². The van der Waals surface area contributed by atoms with E-state index in [1.807, 2.05) is 32.0 Å². The van der Waals surface area contributed by atoms with Gasteiger partial charge in [-0.15, -0.1) is 0 Å². The second-order valence-electron chi connectivity index (χ2n) is 9.92. The van der Waals surface area contributed by atoms with E-state index in [0.29, 0.717) is 18.1 Å². The van der Waals surface area contributed by atoms with Crippen LogP contribution in [0.4, 0.5) is 0 Å². The highest BCUT2D eigenvalue weighted by Gasteiger charge is 2.10. The van der Waals surface area contributed by atoms with E-state index in [-0.39, 0.29) is 6.61 Å². The van der Waals surface area contributed by atoms with Gasteiger partial charge in [0.15, 0.2) is 6.61 Å². The third-order valence-electron chi connectivity index (χ3n) is 6.82. The summed E-state index contributed by atoms with van der Waals surface area (Å²) in [5.41, 5.74) is 5.78. The van der Waals surface area contributed by atoms with Crippen LogP contribution in [0.15, 0.2) is 77.2 Å². The van der Waals surface area contributed by atoms with E-state index in [1.165, 1.54) is 0 Å². The maximum Gasteiger partial charge on any atom is 0.341 e. The second-order valence-corrected chi connectivity index (χ2v) is 9.92. The first-order valence-corrected chi connectivity index (χ1v) is 13.6. The number of nitrogens with zero attached hydrogens (tertiary/aromatic N) is 1. The summed E-state index contributed by atoms with van der Waals surface area (Å²) in [6.45, 7) is 7.89. The quantitative estimate of drug-likeness (QED) is 0.267. The van der Waals surface area contributed by atoms with Crippen molar-refractivity contribution in [1.29, 1.82) is 0 Å². The molecule has 0 spiro atoms. The minimum Gasteiger partial charge on any atom is -0.489 e. The summed E-state index contributed by atoms with van der Waals surface area (Å²) in [4.78, 5) is 13.1. The van der Waals surface area contributed by atoms with Gasteiger partial charge >= 0.3 is 5.97 Å². The van der Waals surface area contributed by atoms with Gasteiger partial charge in [-0.3, -0.25) is 4.90 Å². The van der Waals surface area contributed by atoms with Crippen LogP contribution in [0.25, 0.3) is 16.5 Å². The van der Waals surface area contributed by atoms with Crippen molar-refractivity contribution in [2.45, 2.75) is 13.8 Å². The highest BCUT2D eigenvalue weighted by Crippen LogP contribution is 2.29. The number of carboxylic acid groups (broad SMARTS) is 1. The van der Waals surface area contributed by atoms with Crippen LogP contribution in [-0.2, 0) is 9.53 Å². The van der Waals surface area contributed by atoms with Gasteiger partial charge in [0.2, 0.25) is 0 Å². The lowest BCUT2D eigenvalue weighted by molar-refractivity contribution is -0.139. The molecule has 0 bridgehead atoms. The monoisotopic (exact) mass is 551 g/mol. The van der Waals surface area contributed by atoms with Gasteiger partial charge < -0.3 is 23.7 Å². The average molecular weight is 552 g/mol. The van der Waals surface area contributed by atoms with Gasteiger partial charge in [0, 0.05) is 24.0 Å². The summed E-state index contributed by atoms with van der Waals surface area (Å²) in [5.74, 6) is 7.62. The van der Waals surface area contributed by atoms with Crippen LogP contribution in [-0.4, -0.2) is 62.0 Å². The number of carboxylic acids is 1. The number of carbonyl (C=O) groups is 1. The molecule has 2 heterocycles. The van der Waals surface area contributed by atoms with Crippen LogP contribution in [0, 0.1) is 25.7 Å². The number of hydrogen-bond acceptors (Lipinski definition) is 6. The smallest absolute Gasteiger partial charge is 0.341 e. The fourth-order valence-corrected chi connectivity index (χ4v) is 4.73. The Morgan fingerprint density at radius 3 is 2.51 bits per heavy atom. The van der Waals surface area contributed by atoms with Crippen LogP contribution in [0.5, 0.6) is 11.5 Å². The molecule has 41 heavy (non-hydrogen) atoms. The van der Waals surface area contributed by atoms with Gasteiger partial charge in [0.1, 0.15) is 29.4 Å². The molecule has 4 aromatic rings. The Morgan fingerprint density at radius 2 is 1.76 bits per heavy atom. The molecule has 3 aromatic carbocycles. The lowest BCUT2D eigenvalue weighted by Gasteiger charge is -2.24. The SMILES string of the molecule is Cc1cc2cc(C(=CCOc3ccc(OCC(=O)O)c(C)c3)c3ccc(C#CCN4CCOCC4)cc3)ccc2o1. The molecule has 0 aliphatic carbocycles. The first-order valence-electron chi connectivity index (χ1n) is 13.6. The van der Waals surface area contributed by atoms with Crippen molar-refractivity contribution in [2.75, 3.05) is 46.1 Å². The molecule has 7 nitrogen and oxygen atoms in total. The number of furan rings is 1. The number of morpholine rings is 1. The van der Waals surface area contributed by atoms with Crippen LogP contribution >= 0.6 is 0 Å². The van der Waals surface area contributed by atoms with E-state index in [1.54, 1.807) is 12.1 Å². The number of aliphatic carboxylic acids is 1. The van der Waals surface area contributed by atoms with Crippen LogP contribution < -0.4 is 9.47 Å². The summed E-state index contributed by atoms with van der Waals surface area (Å²) in [6, 6.07) is 21.9. The third-order valence-corrected chi connectivity index (χ3v) is 6.82. The lowest BCUT2D eigenvalue weighted by atomic mass is 9.96. The Hall–Kier alpha value is -4.51. The molecule has 1 aromatic heterocycles. The van der Waals surface area contributed by atoms with Crippen molar-refractivity contribution in [1.82, 2.24) is 4.90 Å². The van der Waals surface area contributed by atoms with E-state index in [9.17, 15) is 4.79 Å². The lowest BCUT2D eigenvalue weighted by Crippen LogP contribution is -2.36. The molecule has 1 N–H and O–H groups in total. The molecule has 0 radical (unpaired) electrons. The first-order chi connectivity index (χ1) is 19.9. The van der Waals surface area contributed by atoms with E-state index in [0.717, 1.165) is 77.4 Å². The molecule has 7 heteroatoms. The Morgan fingerprint density at radius 1 is 0.976 bits per heavy atom. The number of hydrogen-bond donors (Lipinski definition) is 1. The zero-order chi connectivity index (χ0) is 28.6. The molecule has 0 unspecified atom stereocenters. The van der Waals surface area contributed by atoms with Gasteiger partial charge in [-0.05, 0) is 90.7 Å². The fraction of sp³-hybridized carbons (Fsp3) is 0.265. The molecule has 0 atom stereocenters. The van der Waals surface area contributed by atoms with E-state index in [2.05, 4.69) is 59.2 Å². The third kappa shape index (κ3) is 7.57. The van der Waals surface area contributed by atoms with Gasteiger partial charge in [-0.2, -0.15) is 0 Å². The summed E-state index contributed by atoms with van der Waals surface area (Å²) < 4.78 is 22.6. The molecular formula is C34H33NO6. The summed E-state index contributed by atoms with van der Waals surface area (Å²) in [6.07, 6.45) is 2.07. The minimum atomic E-state index is -1.01. The predicted octanol–water partition coefficient (Wildman–Crippen LogP) is 5.71. The summed E-state index contributed by atoms with van der Waals surface area (Å²) in [7, 11) is 0. The van der Waals surface area contributed by atoms with Crippen LogP contribution in [0.2, 0.25) is 0 Å². The van der Waals surface area contributed by atoms with Crippen molar-refractivity contribution >= 4 is 22.5 Å². The van der Waals surface area contributed by atoms with Crippen molar-refractivity contribution in [3.63, 3.8) is 0 Å².